The van der Waals surface area contributed by atoms with Crippen molar-refractivity contribution in [3.05, 3.63) is 102 Å². The lowest BCUT2D eigenvalue weighted by molar-refractivity contribution is 1.26. The summed E-state index contributed by atoms with van der Waals surface area (Å²) >= 11 is 0. The van der Waals surface area contributed by atoms with Crippen molar-refractivity contribution in [1.82, 2.24) is 29.9 Å². The van der Waals surface area contributed by atoms with E-state index in [2.05, 4.69) is 9.97 Å². The van der Waals surface area contributed by atoms with Gasteiger partial charge in [-0.3, -0.25) is 29.1 Å². The van der Waals surface area contributed by atoms with Crippen LogP contribution in [0.1, 0.15) is 0 Å². The second-order valence-electron chi connectivity index (χ2n) is 10.6. The minimum absolute atomic E-state index is 0.285. The second-order valence-corrected chi connectivity index (χ2v) is 10.6. The van der Waals surface area contributed by atoms with Gasteiger partial charge in [0.15, 0.2) is 0 Å². The van der Waals surface area contributed by atoms with Crippen molar-refractivity contribution in [1.29, 1.82) is 0 Å². The Morgan fingerprint density at radius 3 is 0.905 bits per heavy atom. The number of aromatic nitrogens is 6. The SMILES string of the molecule is O=c1[nH]c(=O)c2cc3nc4c5cccc6c7nc8cc9c(=O)[nH]c(=O)c9cc8nc7c7cccc(c4nc3cc12)c7c56. The molecule has 42 heavy (non-hydrogen) atoms. The topological polar surface area (TPSA) is 151 Å². The molecule has 0 unspecified atom stereocenters. The molecule has 4 heterocycles. The van der Waals surface area contributed by atoms with Crippen LogP contribution in [0.15, 0.2) is 79.8 Å². The normalized spacial score (nSPS) is 12.7. The lowest BCUT2D eigenvalue weighted by Gasteiger charge is -2.16. The number of hydrogen-bond acceptors (Lipinski definition) is 8. The average Bonchev–Trinajstić information content (AvgIpc) is 3.44. The summed E-state index contributed by atoms with van der Waals surface area (Å²) in [5, 5.41) is 6.51. The molecule has 0 bridgehead atoms. The van der Waals surface area contributed by atoms with Gasteiger partial charge in [-0.15, -0.1) is 0 Å². The molecule has 0 aliphatic carbocycles. The highest BCUT2D eigenvalue weighted by Gasteiger charge is 2.21. The van der Waals surface area contributed by atoms with Crippen LogP contribution in [-0.4, -0.2) is 29.9 Å². The Bertz CT molecular complexity index is 2710. The molecule has 10 aromatic rings. The number of hydrogen-bond donors (Lipinski definition) is 2. The van der Waals surface area contributed by atoms with Gasteiger partial charge in [0.1, 0.15) is 0 Å². The Labute approximate surface area is 229 Å². The number of H-pyrrole nitrogens is 2. The Kier molecular flexibility index (Phi) is 3.57. The number of nitrogens with one attached hydrogen (secondary N) is 2. The zero-order chi connectivity index (χ0) is 28.0. The third-order valence-corrected chi connectivity index (χ3v) is 8.44. The van der Waals surface area contributed by atoms with E-state index >= 15 is 0 Å². The molecule has 194 valence electrons. The third kappa shape index (κ3) is 2.46. The summed E-state index contributed by atoms with van der Waals surface area (Å²) in [6.07, 6.45) is 0. The maximum absolute atomic E-state index is 12.3. The molecule has 10 rings (SSSR count). The van der Waals surface area contributed by atoms with Crippen molar-refractivity contribution in [2.45, 2.75) is 0 Å². The lowest BCUT2D eigenvalue weighted by Crippen LogP contribution is -2.05. The van der Waals surface area contributed by atoms with Crippen LogP contribution in [0.4, 0.5) is 0 Å². The van der Waals surface area contributed by atoms with Crippen molar-refractivity contribution in [2.24, 2.45) is 0 Å². The van der Waals surface area contributed by atoms with E-state index < -0.39 is 22.2 Å². The van der Waals surface area contributed by atoms with E-state index in [1.54, 1.807) is 24.3 Å². The van der Waals surface area contributed by atoms with Crippen LogP contribution in [0.25, 0.3) is 98.0 Å². The summed E-state index contributed by atoms with van der Waals surface area (Å²) in [5.41, 5.74) is 2.93. The van der Waals surface area contributed by atoms with Gasteiger partial charge in [-0.05, 0) is 24.3 Å². The molecule has 0 saturated heterocycles. The van der Waals surface area contributed by atoms with Gasteiger partial charge in [-0.25, -0.2) is 19.9 Å². The van der Waals surface area contributed by atoms with Crippen LogP contribution < -0.4 is 22.2 Å². The van der Waals surface area contributed by atoms with Crippen molar-refractivity contribution in [3.63, 3.8) is 0 Å². The zero-order valence-corrected chi connectivity index (χ0v) is 21.2. The first-order valence-electron chi connectivity index (χ1n) is 13.2. The number of aromatic amines is 2. The molecule has 0 radical (unpaired) electrons. The van der Waals surface area contributed by atoms with Crippen LogP contribution in [0.2, 0.25) is 0 Å². The van der Waals surface area contributed by atoms with Gasteiger partial charge in [-0.2, -0.15) is 0 Å². The van der Waals surface area contributed by atoms with Gasteiger partial charge >= 0.3 is 0 Å². The minimum Gasteiger partial charge on any atom is -0.288 e. The number of rotatable bonds is 0. The molecule has 10 heteroatoms. The molecule has 0 atom stereocenters. The fourth-order valence-corrected chi connectivity index (χ4v) is 6.62. The third-order valence-electron chi connectivity index (χ3n) is 8.44. The predicted octanol–water partition coefficient (Wildman–Crippen LogP) is 4.06. The predicted molar refractivity (Wildman–Crippen MR) is 163 cm³/mol. The van der Waals surface area contributed by atoms with Gasteiger partial charge in [0, 0.05) is 32.3 Å². The highest BCUT2D eigenvalue weighted by Crippen LogP contribution is 2.43. The van der Waals surface area contributed by atoms with E-state index in [4.69, 9.17) is 19.9 Å². The molecular formula is C32H12N6O4. The number of nitrogens with zero attached hydrogens (tertiary/aromatic N) is 4. The van der Waals surface area contributed by atoms with Crippen LogP contribution >= 0.6 is 0 Å². The van der Waals surface area contributed by atoms with E-state index in [1.807, 2.05) is 36.4 Å². The Morgan fingerprint density at radius 2 is 0.643 bits per heavy atom. The van der Waals surface area contributed by atoms with Crippen molar-refractivity contribution in [3.8, 4) is 0 Å². The summed E-state index contributed by atoms with van der Waals surface area (Å²) in [6, 6.07) is 18.3. The van der Waals surface area contributed by atoms with Crippen LogP contribution in [0, 0.1) is 0 Å². The highest BCUT2D eigenvalue weighted by molar-refractivity contribution is 6.38. The van der Waals surface area contributed by atoms with E-state index in [0.717, 1.165) is 32.3 Å². The molecule has 0 fully saturated rings. The molecule has 6 aromatic carbocycles. The van der Waals surface area contributed by atoms with Crippen LogP contribution in [0.3, 0.4) is 0 Å². The van der Waals surface area contributed by atoms with E-state index in [-0.39, 0.29) is 21.5 Å². The highest BCUT2D eigenvalue weighted by atomic mass is 16.2. The summed E-state index contributed by atoms with van der Waals surface area (Å²) in [5.74, 6) is 0. The standard InChI is InChI=1S/C32H12N6O4/c39-29-15-7-19-21(9-17(15)31(41)37-29)35-27-13-5-2-6-14-24(13)23-11(25(27)33-19)3-1-4-12(23)26-28(14)36-22-10-18-16(8-20(22)34-26)30(40)38-32(18)42/h1-10H,(H,37,39,41)(H,38,40,42). The van der Waals surface area contributed by atoms with Gasteiger partial charge in [-0.1, -0.05) is 36.4 Å². The maximum Gasteiger partial charge on any atom is 0.259 e. The van der Waals surface area contributed by atoms with Gasteiger partial charge in [0.2, 0.25) is 0 Å². The number of benzene rings is 6. The van der Waals surface area contributed by atoms with Gasteiger partial charge in [0.05, 0.1) is 65.7 Å². The molecule has 0 aliphatic rings. The summed E-state index contributed by atoms with van der Waals surface area (Å²) < 4.78 is 0. The number of fused-ring (bicyclic) bond motifs is 10. The average molecular weight is 544 g/mol. The first-order valence-corrected chi connectivity index (χ1v) is 13.2. The Balaban J connectivity index is 1.45. The van der Waals surface area contributed by atoms with E-state index in [9.17, 15) is 19.2 Å². The van der Waals surface area contributed by atoms with Crippen molar-refractivity contribution in [2.75, 3.05) is 0 Å². The smallest absolute Gasteiger partial charge is 0.259 e. The molecular weight excluding hydrogens is 532 g/mol. The molecule has 0 amide bonds. The fourth-order valence-electron chi connectivity index (χ4n) is 6.62. The molecule has 2 N–H and O–H groups in total. The minimum atomic E-state index is -0.446. The first-order chi connectivity index (χ1) is 20.4. The first kappa shape index (κ1) is 21.6. The Hall–Kier alpha value is -6.16. The summed E-state index contributed by atoms with van der Waals surface area (Å²) in [4.78, 5) is 73.9. The van der Waals surface area contributed by atoms with E-state index in [0.29, 0.717) is 44.1 Å². The fraction of sp³-hybridized carbons (Fsp3) is 0. The van der Waals surface area contributed by atoms with Crippen LogP contribution in [-0.2, 0) is 0 Å². The quantitative estimate of drug-likeness (QED) is 0.214. The maximum atomic E-state index is 12.3. The van der Waals surface area contributed by atoms with Gasteiger partial charge < -0.3 is 0 Å². The zero-order valence-electron chi connectivity index (χ0n) is 21.2. The largest absolute Gasteiger partial charge is 0.288 e. The molecule has 0 saturated carbocycles. The van der Waals surface area contributed by atoms with Gasteiger partial charge in [0.25, 0.3) is 22.2 Å². The lowest BCUT2D eigenvalue weighted by atomic mass is 9.91. The molecule has 0 spiro atoms. The molecule has 4 aromatic heterocycles. The van der Waals surface area contributed by atoms with E-state index in [1.165, 1.54) is 0 Å². The van der Waals surface area contributed by atoms with Crippen LogP contribution in [0.5, 0.6) is 0 Å². The second kappa shape index (κ2) is 6.94. The Morgan fingerprint density at radius 1 is 0.381 bits per heavy atom. The monoisotopic (exact) mass is 544 g/mol. The summed E-state index contributed by atoms with van der Waals surface area (Å²) in [7, 11) is 0. The molecule has 10 nitrogen and oxygen atoms in total. The summed E-state index contributed by atoms with van der Waals surface area (Å²) in [6.45, 7) is 0. The van der Waals surface area contributed by atoms with Crippen molar-refractivity contribution < 1.29 is 0 Å². The molecule has 0 aliphatic heterocycles. The van der Waals surface area contributed by atoms with Crippen molar-refractivity contribution >= 4 is 98.0 Å².